The van der Waals surface area contributed by atoms with Gasteiger partial charge in [0.05, 0.1) is 17.5 Å². The summed E-state index contributed by atoms with van der Waals surface area (Å²) in [6.07, 6.45) is -4.36. The van der Waals surface area contributed by atoms with E-state index < -0.39 is 82.2 Å². The van der Waals surface area contributed by atoms with Crippen LogP contribution in [0.3, 0.4) is 0 Å². The summed E-state index contributed by atoms with van der Waals surface area (Å²) in [7, 11) is -7.07. The summed E-state index contributed by atoms with van der Waals surface area (Å²) in [4.78, 5) is 2.09. The van der Waals surface area contributed by atoms with Crippen molar-refractivity contribution in [1.29, 1.82) is 0 Å². The molecule has 6 nitrogen and oxygen atoms in total. The van der Waals surface area contributed by atoms with Gasteiger partial charge in [-0.25, -0.2) is 12.8 Å². The molecule has 0 saturated carbocycles. The van der Waals surface area contributed by atoms with Gasteiger partial charge in [0.1, 0.15) is 19.0 Å². The van der Waals surface area contributed by atoms with Crippen LogP contribution in [-0.2, 0) is 36.3 Å². The predicted octanol–water partition coefficient (Wildman–Crippen LogP) is 7.15. The summed E-state index contributed by atoms with van der Waals surface area (Å²) in [5.41, 5.74) is -0.00468. The van der Waals surface area contributed by atoms with E-state index in [4.69, 9.17) is 14.2 Å². The normalized spacial score (nSPS) is 20.6. The van der Waals surface area contributed by atoms with Crippen molar-refractivity contribution in [3.63, 3.8) is 0 Å². The number of alkyl halides is 9. The molecule has 46 heavy (non-hydrogen) atoms. The van der Waals surface area contributed by atoms with Gasteiger partial charge in [-0.3, -0.25) is 0 Å². The molecule has 0 aromatic heterocycles. The first-order valence-electron chi connectivity index (χ1n) is 13.2. The van der Waals surface area contributed by atoms with Crippen molar-refractivity contribution < 1.29 is 66.7 Å². The summed E-state index contributed by atoms with van der Waals surface area (Å²) in [6.45, 7) is -3.69. The minimum absolute atomic E-state index is 0.00468. The first kappa shape index (κ1) is 35.9. The van der Waals surface area contributed by atoms with E-state index in [-0.39, 0.29) is 11.3 Å². The molecule has 2 atom stereocenters. The van der Waals surface area contributed by atoms with E-state index in [2.05, 4.69) is 0 Å². The lowest BCUT2D eigenvalue weighted by molar-refractivity contribution is -0.387. The van der Waals surface area contributed by atoms with Crippen LogP contribution in [-0.4, -0.2) is 62.0 Å². The first-order chi connectivity index (χ1) is 21.2. The van der Waals surface area contributed by atoms with Gasteiger partial charge in [-0.05, 0) is 67.6 Å². The number of ether oxygens (including phenoxy) is 3. The van der Waals surface area contributed by atoms with Crippen LogP contribution in [0.2, 0.25) is 0 Å². The zero-order chi connectivity index (χ0) is 34.2. The zero-order valence-corrected chi connectivity index (χ0v) is 25.2. The third kappa shape index (κ3) is 7.12. The van der Waals surface area contributed by atoms with Crippen LogP contribution in [0.25, 0.3) is 0 Å². The maximum atomic E-state index is 14.0. The zero-order valence-electron chi connectivity index (χ0n) is 23.6. The van der Waals surface area contributed by atoms with Gasteiger partial charge >= 0.3 is 23.0 Å². The Balaban J connectivity index is 1.55. The lowest BCUT2D eigenvalue weighted by atomic mass is 10.0. The minimum Gasteiger partial charge on any atom is -0.743 e. The van der Waals surface area contributed by atoms with Gasteiger partial charge in [0.25, 0.3) is 0 Å². The molecule has 4 rings (SSSR count). The monoisotopic (exact) mass is 704 g/mol. The molecule has 1 saturated heterocycles. The van der Waals surface area contributed by atoms with E-state index >= 15 is 0 Å². The van der Waals surface area contributed by atoms with Crippen LogP contribution < -0.4 is 4.74 Å². The van der Waals surface area contributed by atoms with Crippen LogP contribution in [0, 0.1) is 0 Å². The second kappa shape index (κ2) is 12.9. The smallest absolute Gasteiger partial charge is 0.376 e. The van der Waals surface area contributed by atoms with Crippen LogP contribution >= 0.6 is 0 Å². The Hall–Kier alpha value is -2.99. The summed E-state index contributed by atoms with van der Waals surface area (Å²) >= 11 is 0. The standard InChI is InChI=1S/C29H25F9O6S2/c1-25(43-17-26(31,32)29(37,38)27(33,34)18-44-25)19-7-11-22(12-8-19)45(21-5-3-2-4-6-21)23-13-9-20(10-14-23)42-16-15-24(30)28(35,36)46(39,40)41/h2-14,24H,15-18H2,1H3. The van der Waals surface area contributed by atoms with Gasteiger partial charge in [-0.15, -0.1) is 0 Å². The highest BCUT2D eigenvalue weighted by molar-refractivity contribution is 7.97. The Bertz CT molecular complexity index is 1570. The average molecular weight is 705 g/mol. The fraction of sp³-hybridized carbons (Fsp3) is 0.379. The average Bonchev–Trinajstić information content (AvgIpc) is 3.00. The molecule has 3 aromatic carbocycles. The van der Waals surface area contributed by atoms with Crippen molar-refractivity contribution in [2.24, 2.45) is 0 Å². The van der Waals surface area contributed by atoms with Crippen molar-refractivity contribution in [3.05, 3.63) is 84.4 Å². The topological polar surface area (TPSA) is 84.9 Å². The predicted molar refractivity (Wildman–Crippen MR) is 145 cm³/mol. The van der Waals surface area contributed by atoms with Crippen molar-refractivity contribution in [1.82, 2.24) is 0 Å². The number of hydrogen-bond donors (Lipinski definition) is 0. The van der Waals surface area contributed by atoms with Crippen molar-refractivity contribution in [3.8, 4) is 5.75 Å². The molecule has 3 aromatic rings. The van der Waals surface area contributed by atoms with Gasteiger partial charge in [-0.1, -0.05) is 18.2 Å². The van der Waals surface area contributed by atoms with Gasteiger partial charge in [-0.2, -0.15) is 35.1 Å². The molecule has 0 bridgehead atoms. The molecule has 0 amide bonds. The Kier molecular flexibility index (Phi) is 10.1. The van der Waals surface area contributed by atoms with Crippen molar-refractivity contribution in [2.45, 2.75) is 63.0 Å². The van der Waals surface area contributed by atoms with Crippen LogP contribution in [0.4, 0.5) is 39.5 Å². The minimum atomic E-state index is -6.21. The third-order valence-electron chi connectivity index (χ3n) is 6.97. The Labute approximate surface area is 260 Å². The SMILES string of the molecule is CC1(c2ccc([S+](c3ccccc3)c3ccc(OCCC(F)C(F)(F)S(=O)(=O)[O-])cc3)cc2)OCC(F)(F)C(F)(F)C(F)(F)CO1. The molecule has 2 unspecified atom stereocenters. The van der Waals surface area contributed by atoms with E-state index in [1.807, 2.05) is 0 Å². The van der Waals surface area contributed by atoms with Gasteiger partial charge in [0.15, 0.2) is 36.8 Å². The fourth-order valence-electron chi connectivity index (χ4n) is 4.25. The second-order valence-corrected chi connectivity index (χ2v) is 13.7. The fourth-order valence-corrected chi connectivity index (χ4v) is 6.74. The van der Waals surface area contributed by atoms with Crippen LogP contribution in [0.5, 0.6) is 5.75 Å². The molecule has 252 valence electrons. The van der Waals surface area contributed by atoms with Gasteiger partial charge < -0.3 is 18.8 Å². The van der Waals surface area contributed by atoms with E-state index in [1.165, 1.54) is 24.3 Å². The molecule has 0 N–H and O–H groups in total. The summed E-state index contributed by atoms with van der Waals surface area (Å²) < 4.78 is 171. The summed E-state index contributed by atoms with van der Waals surface area (Å²) in [5.74, 6) is -18.2. The second-order valence-electron chi connectivity index (χ2n) is 10.2. The number of rotatable bonds is 10. The molecule has 0 radical (unpaired) electrons. The molecular weight excluding hydrogens is 679 g/mol. The maximum absolute atomic E-state index is 14.0. The first-order valence-corrected chi connectivity index (χ1v) is 15.9. The Morgan fingerprint density at radius 1 is 0.826 bits per heavy atom. The highest BCUT2D eigenvalue weighted by Gasteiger charge is 2.73. The molecule has 17 heteroatoms. The molecule has 1 aliphatic heterocycles. The number of hydrogen-bond acceptors (Lipinski definition) is 6. The maximum Gasteiger partial charge on any atom is 0.376 e. The lowest BCUT2D eigenvalue weighted by Crippen LogP contribution is -2.61. The molecule has 1 fully saturated rings. The Morgan fingerprint density at radius 2 is 1.28 bits per heavy atom. The van der Waals surface area contributed by atoms with Crippen LogP contribution in [0.15, 0.2) is 93.5 Å². The van der Waals surface area contributed by atoms with Crippen molar-refractivity contribution in [2.75, 3.05) is 19.8 Å². The van der Waals surface area contributed by atoms with E-state index in [1.54, 1.807) is 54.6 Å². The summed E-state index contributed by atoms with van der Waals surface area (Å²) in [5, 5.41) is -5.12. The molecule has 0 spiro atoms. The van der Waals surface area contributed by atoms with Gasteiger partial charge in [0.2, 0.25) is 0 Å². The highest BCUT2D eigenvalue weighted by atomic mass is 32.2. The molecule has 1 aliphatic rings. The van der Waals surface area contributed by atoms with E-state index in [0.29, 0.717) is 9.79 Å². The summed E-state index contributed by atoms with van der Waals surface area (Å²) in [6, 6.07) is 20.8. The Morgan fingerprint density at radius 3 is 1.76 bits per heavy atom. The van der Waals surface area contributed by atoms with Crippen LogP contribution in [0.1, 0.15) is 18.9 Å². The largest absolute Gasteiger partial charge is 0.743 e. The third-order valence-corrected chi connectivity index (χ3v) is 10.1. The van der Waals surface area contributed by atoms with Gasteiger partial charge in [0, 0.05) is 12.0 Å². The molecule has 1 heterocycles. The van der Waals surface area contributed by atoms with Crippen molar-refractivity contribution >= 4 is 21.0 Å². The van der Waals surface area contributed by atoms with E-state index in [0.717, 1.165) is 11.8 Å². The molecule has 0 aliphatic carbocycles. The highest BCUT2D eigenvalue weighted by Crippen LogP contribution is 2.49. The quantitative estimate of drug-likeness (QED) is 0.127. The number of benzene rings is 3. The van der Waals surface area contributed by atoms with E-state index in [9.17, 15) is 52.5 Å². The molecular formula is C29H25F9O6S2. The number of halogens is 9. The lowest BCUT2D eigenvalue weighted by Gasteiger charge is -2.40.